The minimum Gasteiger partial charge on any atom is -0.455 e. The van der Waals surface area contributed by atoms with E-state index in [1.54, 1.807) is 48.5 Å². The first-order valence-corrected chi connectivity index (χ1v) is 12.0. The van der Waals surface area contributed by atoms with Gasteiger partial charge in [0.05, 0.1) is 11.6 Å². The summed E-state index contributed by atoms with van der Waals surface area (Å²) in [4.78, 5) is 53.7. The molecule has 2 rings (SSSR count). The van der Waals surface area contributed by atoms with Gasteiger partial charge < -0.3 is 19.1 Å². The highest BCUT2D eigenvalue weighted by Gasteiger charge is 2.60. The Hall–Kier alpha value is -2.03. The topological polar surface area (TPSA) is 99.2 Å². The minimum atomic E-state index is -2.91. The van der Waals surface area contributed by atoms with Crippen molar-refractivity contribution in [1.29, 1.82) is 0 Å². The van der Waals surface area contributed by atoms with E-state index in [9.17, 15) is 19.2 Å². The lowest BCUT2D eigenvalue weighted by molar-refractivity contribution is -0.181. The van der Waals surface area contributed by atoms with E-state index >= 15 is 4.39 Å². The number of rotatable bonds is 2. The zero-order valence-corrected chi connectivity index (χ0v) is 22.1. The number of ketones is 2. The first-order valence-electron chi connectivity index (χ1n) is 12.0. The molecule has 2 heterocycles. The number of likely N-dealkylation sites (N-methyl/N-ethyl adjacent to an activating group) is 1. The van der Waals surface area contributed by atoms with Crippen LogP contribution in [0.5, 0.6) is 0 Å². The Morgan fingerprint density at radius 3 is 2.12 bits per heavy atom. The molecule has 0 aromatic rings. The van der Waals surface area contributed by atoms with Crippen LogP contribution < -0.4 is 0 Å². The van der Waals surface area contributed by atoms with E-state index in [-0.39, 0.29) is 18.6 Å². The smallest absolute Gasteiger partial charge is 0.410 e. The standard InChI is InChI=1S/C25H40FNO7/c1-11-17-25(8)19(27(9)22(31)34-25)15(4)18(28)13(2)12-23(6,32-10)16(5)14(3)20(29)24(7,26)21(30)33-17/h13-17,19H,11-12H2,1-10H3/t13-,14-,15+,16-,17-,19-,23-,24+,25-/m1/s1. The molecular weight excluding hydrogens is 445 g/mol. The summed E-state index contributed by atoms with van der Waals surface area (Å²) < 4.78 is 32.7. The van der Waals surface area contributed by atoms with Crippen LogP contribution in [0.3, 0.4) is 0 Å². The maximum absolute atomic E-state index is 15.7. The fraction of sp³-hybridized carbons (Fsp3) is 0.840. The Morgan fingerprint density at radius 1 is 1.06 bits per heavy atom. The average Bonchev–Trinajstić information content (AvgIpc) is 3.02. The summed E-state index contributed by atoms with van der Waals surface area (Å²) in [6.07, 6.45) is -1.26. The third kappa shape index (κ3) is 4.48. The summed E-state index contributed by atoms with van der Waals surface area (Å²) in [5.41, 5.74) is -5.28. The Labute approximate surface area is 201 Å². The molecule has 9 atom stereocenters. The monoisotopic (exact) mass is 485 g/mol. The molecule has 2 fully saturated rings. The number of fused-ring (bicyclic) bond motifs is 1. The van der Waals surface area contributed by atoms with Crippen LogP contribution in [0.1, 0.15) is 68.2 Å². The molecule has 8 nitrogen and oxygen atoms in total. The second-order valence-electron chi connectivity index (χ2n) is 10.7. The number of amides is 1. The SMILES string of the molecule is CC[C@H]1OC(=O)[C@@](C)(F)C(=O)[C@H](C)[C@@H](C)[C@](C)(OC)C[C@@H](C)C(=O)[C@H](C)[C@H]2N(C)C(=O)O[C@]12C. The Kier molecular flexibility index (Phi) is 7.92. The number of halogens is 1. The maximum atomic E-state index is 15.7. The second-order valence-corrected chi connectivity index (χ2v) is 10.7. The average molecular weight is 486 g/mol. The third-order valence-corrected chi connectivity index (χ3v) is 8.42. The predicted octanol–water partition coefficient (Wildman–Crippen LogP) is 3.74. The van der Waals surface area contributed by atoms with Crippen molar-refractivity contribution in [3.63, 3.8) is 0 Å². The maximum Gasteiger partial charge on any atom is 0.410 e. The quantitative estimate of drug-likeness (QED) is 0.434. The molecule has 34 heavy (non-hydrogen) atoms. The van der Waals surface area contributed by atoms with Gasteiger partial charge in [-0.3, -0.25) is 9.59 Å². The van der Waals surface area contributed by atoms with E-state index in [0.29, 0.717) is 0 Å². The zero-order chi connectivity index (χ0) is 26.4. The number of carbonyl (C=O) groups excluding carboxylic acids is 4. The van der Waals surface area contributed by atoms with E-state index in [0.717, 1.165) is 6.92 Å². The number of hydrogen-bond acceptors (Lipinski definition) is 7. The number of carbonyl (C=O) groups is 4. The van der Waals surface area contributed by atoms with Gasteiger partial charge in [0.15, 0.2) is 11.4 Å². The second kappa shape index (κ2) is 9.55. The summed E-state index contributed by atoms with van der Waals surface area (Å²) >= 11 is 0. The molecule has 0 aliphatic carbocycles. The highest BCUT2D eigenvalue weighted by atomic mass is 19.1. The van der Waals surface area contributed by atoms with E-state index < -0.39 is 70.5 Å². The molecule has 0 unspecified atom stereocenters. The Bertz CT molecular complexity index is 845. The van der Waals surface area contributed by atoms with Crippen LogP contribution in [0.4, 0.5) is 9.18 Å². The molecular formula is C25H40FNO7. The van der Waals surface area contributed by atoms with Gasteiger partial charge in [0.1, 0.15) is 11.9 Å². The van der Waals surface area contributed by atoms with Crippen molar-refractivity contribution in [2.45, 2.75) is 97.2 Å². The summed E-state index contributed by atoms with van der Waals surface area (Å²) in [6, 6.07) is -0.762. The van der Waals surface area contributed by atoms with Crippen LogP contribution in [-0.2, 0) is 28.6 Å². The van der Waals surface area contributed by atoms with Gasteiger partial charge in [-0.25, -0.2) is 14.0 Å². The van der Waals surface area contributed by atoms with Crippen molar-refractivity contribution in [2.24, 2.45) is 23.7 Å². The van der Waals surface area contributed by atoms with Crippen LogP contribution in [-0.4, -0.2) is 71.7 Å². The molecule has 194 valence electrons. The number of ether oxygens (including phenoxy) is 3. The Balaban J connectivity index is 2.68. The molecule has 1 amide bonds. The molecule has 0 radical (unpaired) electrons. The largest absolute Gasteiger partial charge is 0.455 e. The van der Waals surface area contributed by atoms with Crippen LogP contribution in [0, 0.1) is 23.7 Å². The van der Waals surface area contributed by atoms with E-state index in [2.05, 4.69) is 0 Å². The summed E-state index contributed by atoms with van der Waals surface area (Å²) in [5, 5.41) is 0. The number of esters is 1. The fourth-order valence-electron chi connectivity index (χ4n) is 5.80. The van der Waals surface area contributed by atoms with Gasteiger partial charge in [0, 0.05) is 31.9 Å². The van der Waals surface area contributed by atoms with Crippen LogP contribution in [0.2, 0.25) is 0 Å². The first-order chi connectivity index (χ1) is 15.5. The lowest BCUT2D eigenvalue weighted by Crippen LogP contribution is -2.59. The van der Waals surface area contributed by atoms with Gasteiger partial charge in [-0.2, -0.15) is 0 Å². The number of alkyl halides is 1. The molecule has 9 heteroatoms. The van der Waals surface area contributed by atoms with Crippen molar-refractivity contribution < 1.29 is 37.8 Å². The Morgan fingerprint density at radius 2 is 1.62 bits per heavy atom. The lowest BCUT2D eigenvalue weighted by atomic mass is 9.70. The summed E-state index contributed by atoms with van der Waals surface area (Å²) in [5.74, 6) is -4.92. The number of methoxy groups -OCH3 is 1. The fourth-order valence-corrected chi connectivity index (χ4v) is 5.80. The number of cyclic esters (lactones) is 1. The van der Waals surface area contributed by atoms with Gasteiger partial charge in [-0.1, -0.05) is 34.6 Å². The van der Waals surface area contributed by atoms with Crippen LogP contribution >= 0.6 is 0 Å². The van der Waals surface area contributed by atoms with E-state index in [4.69, 9.17) is 14.2 Å². The van der Waals surface area contributed by atoms with Gasteiger partial charge in [0.25, 0.3) is 5.67 Å². The van der Waals surface area contributed by atoms with E-state index in [1.807, 2.05) is 0 Å². The van der Waals surface area contributed by atoms with Gasteiger partial charge in [-0.05, 0) is 39.5 Å². The number of nitrogens with zero attached hydrogens (tertiary/aromatic N) is 1. The molecule has 2 saturated heterocycles. The third-order valence-electron chi connectivity index (χ3n) is 8.42. The minimum absolute atomic E-state index is 0.107. The number of hydrogen-bond donors (Lipinski definition) is 0. The van der Waals surface area contributed by atoms with Crippen molar-refractivity contribution in [2.75, 3.05) is 14.2 Å². The lowest BCUT2D eigenvalue weighted by Gasteiger charge is -2.43. The van der Waals surface area contributed by atoms with Gasteiger partial charge in [-0.15, -0.1) is 0 Å². The van der Waals surface area contributed by atoms with Crippen molar-refractivity contribution >= 4 is 23.6 Å². The number of Topliss-reactive ketones (excluding diaryl/α,β-unsaturated/α-hetero) is 2. The highest BCUT2D eigenvalue weighted by Crippen LogP contribution is 2.42. The summed E-state index contributed by atoms with van der Waals surface area (Å²) in [7, 11) is 3.01. The van der Waals surface area contributed by atoms with Gasteiger partial charge in [0.2, 0.25) is 0 Å². The van der Waals surface area contributed by atoms with Crippen LogP contribution in [0.15, 0.2) is 0 Å². The van der Waals surface area contributed by atoms with Crippen LogP contribution in [0.25, 0.3) is 0 Å². The van der Waals surface area contributed by atoms with Crippen molar-refractivity contribution in [1.82, 2.24) is 4.90 Å². The molecule has 0 aromatic carbocycles. The van der Waals surface area contributed by atoms with Crippen molar-refractivity contribution in [3.05, 3.63) is 0 Å². The molecule has 0 bridgehead atoms. The zero-order valence-electron chi connectivity index (χ0n) is 22.1. The highest BCUT2D eigenvalue weighted by molar-refractivity contribution is 6.07. The molecule has 0 saturated carbocycles. The molecule has 0 aromatic heterocycles. The van der Waals surface area contributed by atoms with Gasteiger partial charge >= 0.3 is 12.1 Å². The molecule has 0 N–H and O–H groups in total. The molecule has 0 spiro atoms. The first kappa shape index (κ1) is 28.2. The normalized spacial score (nSPS) is 44.9. The van der Waals surface area contributed by atoms with E-state index in [1.165, 1.54) is 19.1 Å². The predicted molar refractivity (Wildman–Crippen MR) is 123 cm³/mol. The molecule has 2 aliphatic heterocycles. The summed E-state index contributed by atoms with van der Waals surface area (Å²) in [6.45, 7) is 12.8. The van der Waals surface area contributed by atoms with Crippen molar-refractivity contribution in [3.8, 4) is 0 Å². The molecule has 2 aliphatic rings.